The fraction of sp³-hybridized carbons (Fsp3) is 0.389. The van der Waals surface area contributed by atoms with Crippen molar-refractivity contribution in [3.8, 4) is 10.6 Å². The van der Waals surface area contributed by atoms with Gasteiger partial charge in [0.2, 0.25) is 0 Å². The van der Waals surface area contributed by atoms with E-state index in [1.165, 1.54) is 23.6 Å². The van der Waals surface area contributed by atoms with Crippen LogP contribution in [0.2, 0.25) is 0 Å². The number of hydrogen-bond donors (Lipinski definition) is 0. The summed E-state index contributed by atoms with van der Waals surface area (Å²) in [4.78, 5) is 19.6. The summed E-state index contributed by atoms with van der Waals surface area (Å²) in [7, 11) is 0. The van der Waals surface area contributed by atoms with Crippen LogP contribution < -0.4 is 0 Å². The highest BCUT2D eigenvalue weighted by atomic mass is 32.1. The van der Waals surface area contributed by atoms with Crippen LogP contribution in [0.5, 0.6) is 0 Å². The van der Waals surface area contributed by atoms with Crippen molar-refractivity contribution in [2.75, 3.05) is 6.54 Å². The number of rotatable bonds is 2. The van der Waals surface area contributed by atoms with Crippen molar-refractivity contribution in [2.24, 2.45) is 0 Å². The third kappa shape index (κ3) is 3.20. The number of fused-ring (bicyclic) bond motifs is 1. The molecule has 5 nitrogen and oxygen atoms in total. The van der Waals surface area contributed by atoms with Gasteiger partial charge in [-0.15, -0.1) is 11.3 Å². The highest BCUT2D eigenvalue weighted by molar-refractivity contribution is 7.14. The molecule has 4 rings (SSSR count). The lowest BCUT2D eigenvalue weighted by Crippen LogP contribution is -2.42. The predicted molar refractivity (Wildman–Crippen MR) is 95.7 cm³/mol. The maximum absolute atomic E-state index is 13.5. The Hall–Kier alpha value is -2.42. The molecular weight excluding hydrogens is 377 g/mol. The van der Waals surface area contributed by atoms with E-state index in [1.807, 2.05) is 6.92 Å². The zero-order chi connectivity index (χ0) is 19.2. The van der Waals surface area contributed by atoms with Crippen LogP contribution in [0, 0.1) is 0 Å². The second-order valence-electron chi connectivity index (χ2n) is 6.63. The van der Waals surface area contributed by atoms with Crippen molar-refractivity contribution < 1.29 is 18.0 Å². The van der Waals surface area contributed by atoms with Crippen molar-refractivity contribution in [3.63, 3.8) is 0 Å². The topological polar surface area (TPSA) is 50.5 Å². The summed E-state index contributed by atoms with van der Waals surface area (Å²) in [6.07, 6.45) is -0.352. The molecule has 1 aliphatic rings. The van der Waals surface area contributed by atoms with Gasteiger partial charge in [-0.2, -0.15) is 18.3 Å². The van der Waals surface area contributed by atoms with Gasteiger partial charge in [0.1, 0.15) is 0 Å². The van der Waals surface area contributed by atoms with Gasteiger partial charge in [0.25, 0.3) is 5.91 Å². The van der Waals surface area contributed by atoms with Gasteiger partial charge in [-0.05, 0) is 43.7 Å². The number of likely N-dealkylation sites (tertiary alicyclic amines) is 1. The SMILES string of the molecule is CC1CCCCN1C(=O)c1ccsc1-c1cc(C(F)(F)F)n2nccc2n1. The summed E-state index contributed by atoms with van der Waals surface area (Å²) in [5, 5.41) is 5.43. The molecule has 0 spiro atoms. The predicted octanol–water partition coefficient (Wildman–Crippen LogP) is 4.49. The van der Waals surface area contributed by atoms with Gasteiger partial charge in [-0.1, -0.05) is 0 Å². The summed E-state index contributed by atoms with van der Waals surface area (Å²) in [5.74, 6) is -0.151. The molecule has 0 aliphatic carbocycles. The van der Waals surface area contributed by atoms with Crippen molar-refractivity contribution in [1.82, 2.24) is 19.5 Å². The molecule has 1 atom stereocenters. The van der Waals surface area contributed by atoms with Gasteiger partial charge in [-0.3, -0.25) is 4.79 Å². The highest BCUT2D eigenvalue weighted by Crippen LogP contribution is 2.35. The van der Waals surface area contributed by atoms with E-state index in [4.69, 9.17) is 0 Å². The minimum Gasteiger partial charge on any atom is -0.336 e. The van der Waals surface area contributed by atoms with Crippen LogP contribution >= 0.6 is 11.3 Å². The van der Waals surface area contributed by atoms with Crippen molar-refractivity contribution in [1.29, 1.82) is 0 Å². The molecule has 1 unspecified atom stereocenters. The van der Waals surface area contributed by atoms with Gasteiger partial charge in [-0.25, -0.2) is 9.50 Å². The first-order chi connectivity index (χ1) is 12.9. The number of piperidine rings is 1. The maximum Gasteiger partial charge on any atom is 0.433 e. The van der Waals surface area contributed by atoms with E-state index in [9.17, 15) is 18.0 Å². The number of carbonyl (C=O) groups is 1. The number of thiophene rings is 1. The first kappa shape index (κ1) is 18.0. The molecule has 1 saturated heterocycles. The van der Waals surface area contributed by atoms with Gasteiger partial charge in [0, 0.05) is 18.7 Å². The average Bonchev–Trinajstić information content (AvgIpc) is 3.28. The molecule has 0 aromatic carbocycles. The number of amides is 1. The van der Waals surface area contributed by atoms with E-state index in [0.717, 1.165) is 29.8 Å². The van der Waals surface area contributed by atoms with Crippen molar-refractivity contribution in [3.05, 3.63) is 41.0 Å². The normalized spacial score (nSPS) is 18.2. The first-order valence-electron chi connectivity index (χ1n) is 8.67. The molecule has 0 radical (unpaired) electrons. The molecule has 3 aromatic rings. The molecule has 0 saturated carbocycles. The fourth-order valence-electron chi connectivity index (χ4n) is 3.46. The Morgan fingerprint density at radius 1 is 1.30 bits per heavy atom. The van der Waals surface area contributed by atoms with E-state index >= 15 is 0 Å². The van der Waals surface area contributed by atoms with Crippen molar-refractivity contribution >= 4 is 22.9 Å². The van der Waals surface area contributed by atoms with Gasteiger partial charge in [0.15, 0.2) is 11.3 Å². The summed E-state index contributed by atoms with van der Waals surface area (Å²) < 4.78 is 41.1. The smallest absolute Gasteiger partial charge is 0.336 e. The van der Waals surface area contributed by atoms with Crippen LogP contribution in [0.25, 0.3) is 16.2 Å². The van der Waals surface area contributed by atoms with Gasteiger partial charge in [0.05, 0.1) is 22.3 Å². The number of alkyl halides is 3. The maximum atomic E-state index is 13.5. The zero-order valence-electron chi connectivity index (χ0n) is 14.5. The third-order valence-corrected chi connectivity index (χ3v) is 5.78. The van der Waals surface area contributed by atoms with Crippen LogP contribution in [-0.4, -0.2) is 38.0 Å². The van der Waals surface area contributed by atoms with E-state index in [1.54, 1.807) is 16.3 Å². The lowest BCUT2D eigenvalue weighted by Gasteiger charge is -2.33. The molecule has 1 amide bonds. The van der Waals surface area contributed by atoms with E-state index in [2.05, 4.69) is 10.1 Å². The monoisotopic (exact) mass is 394 g/mol. The lowest BCUT2D eigenvalue weighted by molar-refractivity contribution is -0.142. The standard InChI is InChI=1S/C18H17F3N4OS/c1-11-4-2-3-8-24(11)17(26)12-6-9-27-16(12)13-10-14(18(19,20)21)25-15(23-13)5-7-22-25/h5-7,9-11H,2-4,8H2,1H3. The number of nitrogens with zero attached hydrogens (tertiary/aromatic N) is 4. The van der Waals surface area contributed by atoms with Crippen LogP contribution in [0.15, 0.2) is 29.8 Å². The number of aromatic nitrogens is 3. The van der Waals surface area contributed by atoms with Crippen LogP contribution in [-0.2, 0) is 6.18 Å². The molecule has 0 N–H and O–H groups in total. The molecule has 142 valence electrons. The summed E-state index contributed by atoms with van der Waals surface area (Å²) in [6, 6.07) is 4.16. The average molecular weight is 394 g/mol. The first-order valence-corrected chi connectivity index (χ1v) is 9.55. The molecular formula is C18H17F3N4OS. The van der Waals surface area contributed by atoms with Crippen LogP contribution in [0.4, 0.5) is 13.2 Å². The molecule has 9 heteroatoms. The molecule has 4 heterocycles. The third-order valence-electron chi connectivity index (χ3n) is 4.84. The summed E-state index contributed by atoms with van der Waals surface area (Å²) in [6.45, 7) is 2.67. The van der Waals surface area contributed by atoms with Crippen molar-refractivity contribution in [2.45, 2.75) is 38.4 Å². The number of halogens is 3. The molecule has 3 aromatic heterocycles. The van der Waals surface area contributed by atoms with Gasteiger partial charge >= 0.3 is 6.18 Å². The largest absolute Gasteiger partial charge is 0.433 e. The quantitative estimate of drug-likeness (QED) is 0.643. The molecule has 0 bridgehead atoms. The Morgan fingerprint density at radius 3 is 2.85 bits per heavy atom. The Balaban J connectivity index is 1.80. The van der Waals surface area contributed by atoms with E-state index < -0.39 is 11.9 Å². The Bertz CT molecular complexity index is 994. The summed E-state index contributed by atoms with van der Waals surface area (Å²) in [5.41, 5.74) is -0.278. The van der Waals surface area contributed by atoms with Crippen LogP contribution in [0.3, 0.4) is 0 Å². The van der Waals surface area contributed by atoms with Crippen LogP contribution in [0.1, 0.15) is 42.2 Å². The number of hydrogen-bond acceptors (Lipinski definition) is 4. The van der Waals surface area contributed by atoms with Gasteiger partial charge < -0.3 is 4.90 Å². The lowest BCUT2D eigenvalue weighted by atomic mass is 10.0. The minimum atomic E-state index is -4.58. The second-order valence-corrected chi connectivity index (χ2v) is 7.55. The van der Waals surface area contributed by atoms with E-state index in [0.29, 0.717) is 17.0 Å². The Kier molecular flexibility index (Phi) is 4.41. The molecule has 27 heavy (non-hydrogen) atoms. The fourth-order valence-corrected chi connectivity index (χ4v) is 4.31. The summed E-state index contributed by atoms with van der Waals surface area (Å²) >= 11 is 1.22. The molecule has 1 aliphatic heterocycles. The van der Waals surface area contributed by atoms with E-state index in [-0.39, 0.29) is 23.3 Å². The minimum absolute atomic E-state index is 0.0953. The Labute approximate surface area is 157 Å². The highest BCUT2D eigenvalue weighted by Gasteiger charge is 2.36. The molecule has 1 fully saturated rings. The second kappa shape index (κ2) is 6.63. The Morgan fingerprint density at radius 2 is 2.11 bits per heavy atom. The number of carbonyl (C=O) groups excluding carboxylic acids is 1. The zero-order valence-corrected chi connectivity index (χ0v) is 15.3.